The zero-order chi connectivity index (χ0) is 44.1. The maximum atomic E-state index is 9.85. The average molecular weight is 859 g/mol. The highest BCUT2D eigenvalue weighted by Gasteiger charge is 2.22. The number of fused-ring (bicyclic) bond motifs is 6. The van der Waals surface area contributed by atoms with Crippen LogP contribution < -0.4 is 0 Å². The first-order valence-electron chi connectivity index (χ1n) is 21.6. The van der Waals surface area contributed by atoms with Crippen LogP contribution in [0, 0.1) is 22.7 Å². The number of thiophene rings is 1. The van der Waals surface area contributed by atoms with E-state index in [0.717, 1.165) is 77.6 Å². The summed E-state index contributed by atoms with van der Waals surface area (Å²) in [5.41, 5.74) is 12.6. The van der Waals surface area contributed by atoms with E-state index >= 15 is 0 Å². The third kappa shape index (κ3) is 6.76. The first-order valence-corrected chi connectivity index (χ1v) is 22.4. The summed E-state index contributed by atoms with van der Waals surface area (Å²) in [5, 5.41) is 24.3. The van der Waals surface area contributed by atoms with Crippen LogP contribution in [0.3, 0.4) is 0 Å². The Morgan fingerprint density at radius 1 is 0.348 bits per heavy atom. The topological polar surface area (TPSA) is 91.2 Å². The molecule has 0 aliphatic carbocycles. The van der Waals surface area contributed by atoms with Crippen molar-refractivity contribution in [2.45, 2.75) is 0 Å². The molecule has 0 saturated carbocycles. The quantitative estimate of drug-likeness (QED) is 0.159. The highest BCUT2D eigenvalue weighted by Crippen LogP contribution is 2.42. The van der Waals surface area contributed by atoms with E-state index in [-0.39, 0.29) is 0 Å². The van der Waals surface area contributed by atoms with Crippen molar-refractivity contribution >= 4 is 53.3 Å². The van der Waals surface area contributed by atoms with Crippen LogP contribution in [0.2, 0.25) is 0 Å². The summed E-state index contributed by atoms with van der Waals surface area (Å²) in [7, 11) is 0. The lowest BCUT2D eigenvalue weighted by atomic mass is 9.99. The van der Waals surface area contributed by atoms with Gasteiger partial charge in [0.2, 0.25) is 0 Å². The molecule has 306 valence electrons. The van der Waals surface area contributed by atoms with E-state index in [9.17, 15) is 10.5 Å². The zero-order valence-electron chi connectivity index (χ0n) is 35.2. The monoisotopic (exact) mass is 858 g/mol. The summed E-state index contributed by atoms with van der Waals surface area (Å²) in [5.74, 6) is 1.68. The zero-order valence-corrected chi connectivity index (χ0v) is 36.0. The second kappa shape index (κ2) is 16.0. The number of aromatic nitrogens is 4. The minimum atomic E-state index is 0.535. The Labute approximate surface area is 384 Å². The Morgan fingerprint density at radius 3 is 1.39 bits per heavy atom. The van der Waals surface area contributed by atoms with Gasteiger partial charge in [0, 0.05) is 47.6 Å². The van der Waals surface area contributed by atoms with Crippen LogP contribution in [-0.4, -0.2) is 19.5 Å². The van der Waals surface area contributed by atoms with Gasteiger partial charge in [0.1, 0.15) is 0 Å². The molecule has 6 nitrogen and oxygen atoms in total. The molecule has 0 saturated heterocycles. The first-order chi connectivity index (χ1) is 32.6. The highest BCUT2D eigenvalue weighted by molar-refractivity contribution is 7.25. The third-order valence-corrected chi connectivity index (χ3v) is 13.4. The van der Waals surface area contributed by atoms with Crippen molar-refractivity contribution in [3.63, 3.8) is 0 Å². The van der Waals surface area contributed by atoms with E-state index in [0.29, 0.717) is 28.6 Å². The van der Waals surface area contributed by atoms with Gasteiger partial charge in [0.05, 0.1) is 40.0 Å². The standard InChI is InChI=1S/C59H34N6S/c60-35-37-11-9-17-41(29-37)44-21-25-47-48-26-22-45(42-18-10-12-38(30-42)36-61)33-54(48)65(53(47)32-44)52-28-24-43(46-23-27-50-49-19-7-8-20-55(49)66-56(50)34-46)31-51(52)59-63-57(39-13-3-1-4-14-39)62-58(64-59)40-15-5-2-6-16-40/h1-34H. The molecule has 7 heteroatoms. The van der Waals surface area contributed by atoms with Crippen LogP contribution in [0.4, 0.5) is 0 Å². The van der Waals surface area contributed by atoms with Crippen molar-refractivity contribution in [2.24, 2.45) is 0 Å². The minimum Gasteiger partial charge on any atom is -0.308 e. The summed E-state index contributed by atoms with van der Waals surface area (Å²) in [6.45, 7) is 0. The molecular formula is C59H34N6S. The average Bonchev–Trinajstić information content (AvgIpc) is 3.93. The molecular weight excluding hydrogens is 825 g/mol. The molecule has 0 unspecified atom stereocenters. The molecule has 12 aromatic rings. The number of rotatable bonds is 7. The maximum Gasteiger partial charge on any atom is 0.166 e. The molecule has 0 aliphatic heterocycles. The summed E-state index contributed by atoms with van der Waals surface area (Å²) >= 11 is 1.81. The molecule has 0 N–H and O–H groups in total. The van der Waals surface area contributed by atoms with Crippen LogP contribution in [0.5, 0.6) is 0 Å². The molecule has 3 aromatic heterocycles. The van der Waals surface area contributed by atoms with Crippen molar-refractivity contribution in [3.8, 4) is 85.4 Å². The van der Waals surface area contributed by atoms with Gasteiger partial charge in [-0.25, -0.2) is 15.0 Å². The molecule has 3 heterocycles. The lowest BCUT2D eigenvalue weighted by Crippen LogP contribution is -2.04. The van der Waals surface area contributed by atoms with Crippen molar-refractivity contribution in [2.75, 3.05) is 0 Å². The van der Waals surface area contributed by atoms with Crippen molar-refractivity contribution < 1.29 is 0 Å². The van der Waals surface area contributed by atoms with Crippen molar-refractivity contribution in [3.05, 3.63) is 217 Å². The van der Waals surface area contributed by atoms with Crippen molar-refractivity contribution in [1.29, 1.82) is 10.5 Å². The SMILES string of the molecule is N#Cc1cccc(-c2ccc3c4ccc(-c5cccc(C#N)c5)cc4n(-c4ccc(-c5ccc6c(c5)sc5ccccc56)cc4-c4nc(-c5ccccc5)nc(-c5ccccc5)n4)c3c2)c1. The van der Waals surface area contributed by atoms with Gasteiger partial charge in [-0.15, -0.1) is 11.3 Å². The van der Waals surface area contributed by atoms with Crippen LogP contribution >= 0.6 is 11.3 Å². The van der Waals surface area contributed by atoms with Gasteiger partial charge in [0.25, 0.3) is 0 Å². The minimum absolute atomic E-state index is 0.535. The summed E-state index contributed by atoms with van der Waals surface area (Å²) in [4.78, 5) is 15.7. The van der Waals surface area contributed by atoms with E-state index in [1.54, 1.807) is 11.3 Å². The van der Waals surface area contributed by atoms with Gasteiger partial charge in [-0.1, -0.05) is 146 Å². The fourth-order valence-electron chi connectivity index (χ4n) is 9.10. The molecule has 0 aliphatic rings. The predicted octanol–water partition coefficient (Wildman–Crippen LogP) is 15.1. The van der Waals surface area contributed by atoms with Crippen LogP contribution in [-0.2, 0) is 0 Å². The number of nitrogens with zero attached hydrogens (tertiary/aromatic N) is 6. The predicted molar refractivity (Wildman–Crippen MR) is 269 cm³/mol. The van der Waals surface area contributed by atoms with E-state index in [1.165, 1.54) is 20.2 Å². The number of nitriles is 2. The van der Waals surface area contributed by atoms with Crippen LogP contribution in [0.15, 0.2) is 206 Å². The largest absolute Gasteiger partial charge is 0.308 e. The molecule has 0 spiro atoms. The molecule has 0 atom stereocenters. The number of benzene rings is 9. The van der Waals surface area contributed by atoms with E-state index in [1.807, 2.05) is 109 Å². The molecule has 0 amide bonds. The van der Waals surface area contributed by atoms with Gasteiger partial charge in [-0.2, -0.15) is 10.5 Å². The lowest BCUT2D eigenvalue weighted by Gasteiger charge is -2.17. The van der Waals surface area contributed by atoms with Gasteiger partial charge >= 0.3 is 0 Å². The van der Waals surface area contributed by atoms with Crippen LogP contribution in [0.25, 0.3) is 115 Å². The Balaban J connectivity index is 1.17. The second-order valence-corrected chi connectivity index (χ2v) is 17.3. The normalized spacial score (nSPS) is 11.3. The third-order valence-electron chi connectivity index (χ3n) is 12.3. The second-order valence-electron chi connectivity index (χ2n) is 16.3. The molecule has 0 fully saturated rings. The van der Waals surface area contributed by atoms with E-state index in [2.05, 4.69) is 114 Å². The fraction of sp³-hybridized carbons (Fsp3) is 0. The van der Waals surface area contributed by atoms with Gasteiger partial charge in [-0.3, -0.25) is 0 Å². The molecule has 0 bridgehead atoms. The Hall–Kier alpha value is -9.01. The lowest BCUT2D eigenvalue weighted by molar-refractivity contribution is 1.06. The number of hydrogen-bond acceptors (Lipinski definition) is 6. The van der Waals surface area contributed by atoms with Gasteiger partial charge in [0.15, 0.2) is 17.5 Å². The highest BCUT2D eigenvalue weighted by atomic mass is 32.1. The van der Waals surface area contributed by atoms with E-state index < -0.39 is 0 Å². The Morgan fingerprint density at radius 2 is 0.803 bits per heavy atom. The van der Waals surface area contributed by atoms with E-state index in [4.69, 9.17) is 15.0 Å². The smallest absolute Gasteiger partial charge is 0.166 e. The van der Waals surface area contributed by atoms with Crippen LogP contribution in [0.1, 0.15) is 11.1 Å². The molecule has 0 radical (unpaired) electrons. The maximum absolute atomic E-state index is 9.85. The van der Waals surface area contributed by atoms with Gasteiger partial charge < -0.3 is 4.57 Å². The van der Waals surface area contributed by atoms with Gasteiger partial charge in [-0.05, 0) is 94.0 Å². The summed E-state index contributed by atoms with van der Waals surface area (Å²) in [6.07, 6.45) is 0. The molecule has 9 aromatic carbocycles. The summed E-state index contributed by atoms with van der Waals surface area (Å²) in [6, 6.07) is 75.2. The Bertz CT molecular complexity index is 3790. The molecule has 12 rings (SSSR count). The summed E-state index contributed by atoms with van der Waals surface area (Å²) < 4.78 is 4.81. The fourth-order valence-corrected chi connectivity index (χ4v) is 10.2. The Kier molecular flexibility index (Phi) is 9.35. The van der Waals surface area contributed by atoms with Crippen molar-refractivity contribution in [1.82, 2.24) is 19.5 Å². The molecule has 66 heavy (non-hydrogen) atoms. The first kappa shape index (κ1) is 38.6. The number of hydrogen-bond donors (Lipinski definition) is 0.